The van der Waals surface area contributed by atoms with Gasteiger partial charge in [0.1, 0.15) is 0 Å². The van der Waals surface area contributed by atoms with Gasteiger partial charge in [0.2, 0.25) is 0 Å². The van der Waals surface area contributed by atoms with Crippen molar-refractivity contribution in [2.75, 3.05) is 5.32 Å². The van der Waals surface area contributed by atoms with Crippen molar-refractivity contribution in [2.24, 2.45) is 0 Å². The van der Waals surface area contributed by atoms with Crippen LogP contribution in [0.5, 0.6) is 0 Å². The number of rotatable bonds is 5. The first-order valence-electron chi connectivity index (χ1n) is 7.21. The molecule has 2 aromatic heterocycles. The van der Waals surface area contributed by atoms with E-state index in [1.807, 2.05) is 41.2 Å². The highest BCUT2D eigenvalue weighted by molar-refractivity contribution is 6.32. The second kappa shape index (κ2) is 6.23. The normalized spacial score (nSPS) is 11.1. The number of para-hydroxylation sites is 1. The summed E-state index contributed by atoms with van der Waals surface area (Å²) in [5.74, 6) is 0.308. The molecule has 0 aliphatic rings. The average molecular weight is 316 g/mol. The molecule has 0 saturated heterocycles. The van der Waals surface area contributed by atoms with E-state index in [1.165, 1.54) is 0 Å². The number of anilines is 1. The molecule has 22 heavy (non-hydrogen) atoms. The Bertz CT molecular complexity index is 746. The van der Waals surface area contributed by atoms with E-state index in [-0.39, 0.29) is 0 Å². The summed E-state index contributed by atoms with van der Waals surface area (Å²) in [6.07, 6.45) is 3.59. The average Bonchev–Trinajstić information content (AvgIpc) is 3.15. The minimum Gasteiger partial charge on any atom is -0.377 e. The molecule has 3 rings (SSSR count). The standard InChI is InChI=1S/C16H18ClN5/c1-11(2)16-14(18-9-12-7-8-19-21-12)10-20-22(16)15-6-4-3-5-13(15)17/h3-8,10-11,18H,9H2,1-2H3,(H,19,21). The van der Waals surface area contributed by atoms with Crippen LogP contribution in [0.25, 0.3) is 5.69 Å². The topological polar surface area (TPSA) is 58.5 Å². The van der Waals surface area contributed by atoms with Crippen LogP contribution in [0.1, 0.15) is 31.2 Å². The van der Waals surface area contributed by atoms with Gasteiger partial charge in [-0.1, -0.05) is 37.6 Å². The van der Waals surface area contributed by atoms with Gasteiger partial charge in [0.05, 0.1) is 40.5 Å². The van der Waals surface area contributed by atoms with Gasteiger partial charge in [0.25, 0.3) is 0 Å². The molecule has 0 aliphatic carbocycles. The highest BCUT2D eigenvalue weighted by Crippen LogP contribution is 2.29. The Hall–Kier alpha value is -2.27. The molecule has 0 spiro atoms. The first kappa shape index (κ1) is 14.7. The molecule has 0 fully saturated rings. The molecule has 1 aromatic carbocycles. The highest BCUT2D eigenvalue weighted by atomic mass is 35.5. The summed E-state index contributed by atoms with van der Waals surface area (Å²) in [7, 11) is 0. The van der Waals surface area contributed by atoms with Gasteiger partial charge in [-0.15, -0.1) is 0 Å². The molecule has 114 valence electrons. The zero-order chi connectivity index (χ0) is 15.5. The van der Waals surface area contributed by atoms with E-state index in [0.717, 1.165) is 22.8 Å². The van der Waals surface area contributed by atoms with Gasteiger partial charge < -0.3 is 5.32 Å². The van der Waals surface area contributed by atoms with E-state index in [0.29, 0.717) is 17.5 Å². The van der Waals surface area contributed by atoms with Crippen LogP contribution < -0.4 is 5.32 Å². The largest absolute Gasteiger partial charge is 0.377 e. The Morgan fingerprint density at radius 2 is 2.09 bits per heavy atom. The van der Waals surface area contributed by atoms with Crippen molar-refractivity contribution in [3.8, 4) is 5.69 Å². The number of nitrogens with zero attached hydrogens (tertiary/aromatic N) is 3. The molecular formula is C16H18ClN5. The maximum absolute atomic E-state index is 6.31. The Kier molecular flexibility index (Phi) is 4.15. The lowest BCUT2D eigenvalue weighted by atomic mass is 10.1. The van der Waals surface area contributed by atoms with E-state index in [9.17, 15) is 0 Å². The maximum atomic E-state index is 6.31. The van der Waals surface area contributed by atoms with Crippen LogP contribution in [-0.2, 0) is 6.54 Å². The number of halogens is 1. The van der Waals surface area contributed by atoms with E-state index < -0.39 is 0 Å². The lowest BCUT2D eigenvalue weighted by Crippen LogP contribution is -2.07. The maximum Gasteiger partial charge on any atom is 0.0835 e. The number of hydrogen-bond donors (Lipinski definition) is 2. The van der Waals surface area contributed by atoms with Crippen molar-refractivity contribution < 1.29 is 0 Å². The van der Waals surface area contributed by atoms with Gasteiger partial charge in [0, 0.05) is 6.20 Å². The summed E-state index contributed by atoms with van der Waals surface area (Å²) in [5.41, 5.74) is 4.03. The van der Waals surface area contributed by atoms with Gasteiger partial charge in [-0.25, -0.2) is 4.68 Å². The van der Waals surface area contributed by atoms with Gasteiger partial charge >= 0.3 is 0 Å². The Labute approximate surface area is 134 Å². The molecule has 0 unspecified atom stereocenters. The number of benzene rings is 1. The minimum atomic E-state index is 0.308. The van der Waals surface area contributed by atoms with Crippen LogP contribution in [0, 0.1) is 0 Å². The third-order valence-corrected chi connectivity index (χ3v) is 3.78. The third-order valence-electron chi connectivity index (χ3n) is 3.46. The zero-order valence-electron chi connectivity index (χ0n) is 12.5. The quantitative estimate of drug-likeness (QED) is 0.748. The van der Waals surface area contributed by atoms with Crippen molar-refractivity contribution in [2.45, 2.75) is 26.3 Å². The number of H-pyrrole nitrogens is 1. The van der Waals surface area contributed by atoms with Crippen LogP contribution in [-0.4, -0.2) is 20.0 Å². The van der Waals surface area contributed by atoms with Gasteiger partial charge in [-0.05, 0) is 24.1 Å². The summed E-state index contributed by atoms with van der Waals surface area (Å²) in [6, 6.07) is 9.67. The Morgan fingerprint density at radius 1 is 1.27 bits per heavy atom. The van der Waals surface area contributed by atoms with Crippen LogP contribution in [0.15, 0.2) is 42.7 Å². The second-order valence-electron chi connectivity index (χ2n) is 5.40. The first-order valence-corrected chi connectivity index (χ1v) is 7.59. The minimum absolute atomic E-state index is 0.308. The molecule has 2 N–H and O–H groups in total. The lowest BCUT2D eigenvalue weighted by Gasteiger charge is -2.14. The Morgan fingerprint density at radius 3 is 2.77 bits per heavy atom. The molecule has 0 aliphatic heterocycles. The first-order chi connectivity index (χ1) is 10.7. The van der Waals surface area contributed by atoms with Crippen molar-refractivity contribution in [3.63, 3.8) is 0 Å². The van der Waals surface area contributed by atoms with Gasteiger partial charge in [0.15, 0.2) is 0 Å². The molecule has 0 saturated carbocycles. The fourth-order valence-electron chi connectivity index (χ4n) is 2.44. The molecule has 6 heteroatoms. The number of aromatic amines is 1. The fourth-order valence-corrected chi connectivity index (χ4v) is 2.65. The predicted molar refractivity (Wildman–Crippen MR) is 88.6 cm³/mol. The van der Waals surface area contributed by atoms with Crippen LogP contribution in [0.3, 0.4) is 0 Å². The van der Waals surface area contributed by atoms with Crippen molar-refractivity contribution in [1.82, 2.24) is 20.0 Å². The smallest absolute Gasteiger partial charge is 0.0835 e. The lowest BCUT2D eigenvalue weighted by molar-refractivity contribution is 0.734. The van der Waals surface area contributed by atoms with Crippen LogP contribution in [0.4, 0.5) is 5.69 Å². The highest BCUT2D eigenvalue weighted by Gasteiger charge is 2.17. The molecule has 0 amide bonds. The number of hydrogen-bond acceptors (Lipinski definition) is 3. The predicted octanol–water partition coefficient (Wildman–Crippen LogP) is 3.98. The van der Waals surface area contributed by atoms with E-state index >= 15 is 0 Å². The van der Waals surface area contributed by atoms with E-state index in [2.05, 4.69) is 34.5 Å². The van der Waals surface area contributed by atoms with Gasteiger partial charge in [-0.2, -0.15) is 10.2 Å². The number of aromatic nitrogens is 4. The fraction of sp³-hybridized carbons (Fsp3) is 0.250. The molecule has 0 radical (unpaired) electrons. The summed E-state index contributed by atoms with van der Waals surface area (Å²) in [5, 5.41) is 15.5. The molecular weight excluding hydrogens is 298 g/mol. The SMILES string of the molecule is CC(C)c1c(NCc2ccn[nH]2)cnn1-c1ccccc1Cl. The Balaban J connectivity index is 1.94. The second-order valence-corrected chi connectivity index (χ2v) is 5.80. The molecule has 2 heterocycles. The summed E-state index contributed by atoms with van der Waals surface area (Å²) in [4.78, 5) is 0. The van der Waals surface area contributed by atoms with E-state index in [4.69, 9.17) is 11.6 Å². The van der Waals surface area contributed by atoms with Crippen molar-refractivity contribution >= 4 is 17.3 Å². The van der Waals surface area contributed by atoms with Crippen LogP contribution >= 0.6 is 11.6 Å². The molecule has 3 aromatic rings. The van der Waals surface area contributed by atoms with Crippen molar-refractivity contribution in [1.29, 1.82) is 0 Å². The van der Waals surface area contributed by atoms with Crippen molar-refractivity contribution in [3.05, 3.63) is 59.1 Å². The summed E-state index contributed by atoms with van der Waals surface area (Å²) >= 11 is 6.31. The molecule has 0 bridgehead atoms. The molecule has 5 nitrogen and oxygen atoms in total. The van der Waals surface area contributed by atoms with E-state index in [1.54, 1.807) is 6.20 Å². The molecule has 0 atom stereocenters. The number of nitrogens with one attached hydrogen (secondary N) is 2. The monoisotopic (exact) mass is 315 g/mol. The summed E-state index contributed by atoms with van der Waals surface area (Å²) in [6.45, 7) is 4.96. The zero-order valence-corrected chi connectivity index (χ0v) is 13.3. The third kappa shape index (κ3) is 2.85. The van der Waals surface area contributed by atoms with Crippen LogP contribution in [0.2, 0.25) is 5.02 Å². The van der Waals surface area contributed by atoms with Gasteiger partial charge in [-0.3, -0.25) is 5.10 Å². The summed E-state index contributed by atoms with van der Waals surface area (Å²) < 4.78 is 1.91.